The third-order valence-corrected chi connectivity index (χ3v) is 3.66. The summed E-state index contributed by atoms with van der Waals surface area (Å²) in [5.74, 6) is -1.89. The van der Waals surface area contributed by atoms with Crippen LogP contribution in [0.15, 0.2) is 30.3 Å². The minimum Gasteiger partial charge on any atom is -0.355 e. The Morgan fingerprint density at radius 1 is 1.04 bits per heavy atom. The van der Waals surface area contributed by atoms with E-state index in [-0.39, 0.29) is 6.54 Å². The van der Waals surface area contributed by atoms with Crippen LogP contribution in [0.1, 0.15) is 25.8 Å². The van der Waals surface area contributed by atoms with Crippen LogP contribution >= 0.6 is 0 Å². The Kier molecular flexibility index (Phi) is 5.68. The molecular formula is C17H21N3O4. The van der Waals surface area contributed by atoms with Crippen molar-refractivity contribution in [3.05, 3.63) is 35.9 Å². The largest absolute Gasteiger partial charge is 0.355 e. The molecule has 7 nitrogen and oxygen atoms in total. The zero-order chi connectivity index (χ0) is 17.7. The van der Waals surface area contributed by atoms with Gasteiger partial charge in [0.05, 0.1) is 6.54 Å². The summed E-state index contributed by atoms with van der Waals surface area (Å²) in [5.41, 5.74) is 0.732. The Balaban J connectivity index is 1.97. The van der Waals surface area contributed by atoms with Crippen LogP contribution in [0, 0.1) is 5.92 Å². The van der Waals surface area contributed by atoms with Crippen LogP contribution in [-0.2, 0) is 20.9 Å². The van der Waals surface area contributed by atoms with Gasteiger partial charge in [0, 0.05) is 6.54 Å². The number of nitrogens with one attached hydrogen (secondary N) is 1. The first kappa shape index (κ1) is 17.7. The Morgan fingerprint density at radius 2 is 1.67 bits per heavy atom. The molecule has 0 aromatic heterocycles. The van der Waals surface area contributed by atoms with Crippen molar-refractivity contribution in [2.75, 3.05) is 13.1 Å². The molecule has 0 radical (unpaired) electrons. The topological polar surface area (TPSA) is 86.8 Å². The van der Waals surface area contributed by atoms with E-state index < -0.39 is 30.3 Å². The number of amides is 5. The summed E-state index contributed by atoms with van der Waals surface area (Å²) in [5, 5.41) is 2.65. The molecule has 0 atom stereocenters. The molecule has 0 saturated carbocycles. The first-order valence-electron chi connectivity index (χ1n) is 7.88. The quantitative estimate of drug-likeness (QED) is 0.599. The Labute approximate surface area is 140 Å². The van der Waals surface area contributed by atoms with Gasteiger partial charge in [0.25, 0.3) is 0 Å². The fourth-order valence-corrected chi connectivity index (χ4v) is 2.29. The summed E-state index contributed by atoms with van der Waals surface area (Å²) < 4.78 is 0. The maximum atomic E-state index is 12.3. The average Bonchev–Trinajstić information content (AvgIpc) is 2.73. The van der Waals surface area contributed by atoms with Crippen LogP contribution in [0.5, 0.6) is 0 Å². The lowest BCUT2D eigenvalue weighted by Crippen LogP contribution is -2.41. The van der Waals surface area contributed by atoms with Gasteiger partial charge < -0.3 is 5.32 Å². The number of hydrogen-bond donors (Lipinski definition) is 1. The van der Waals surface area contributed by atoms with Gasteiger partial charge in [0.2, 0.25) is 5.91 Å². The molecule has 2 rings (SSSR count). The molecule has 1 heterocycles. The van der Waals surface area contributed by atoms with E-state index in [1.807, 2.05) is 19.9 Å². The molecule has 7 heteroatoms. The van der Waals surface area contributed by atoms with Crippen molar-refractivity contribution < 1.29 is 19.2 Å². The van der Waals surface area contributed by atoms with Crippen molar-refractivity contribution in [3.8, 4) is 0 Å². The number of carbonyl (C=O) groups excluding carboxylic acids is 4. The highest BCUT2D eigenvalue weighted by molar-refractivity contribution is 6.44. The molecule has 128 valence electrons. The molecule has 1 saturated heterocycles. The van der Waals surface area contributed by atoms with Crippen molar-refractivity contribution in [2.45, 2.75) is 26.8 Å². The monoisotopic (exact) mass is 331 g/mol. The van der Waals surface area contributed by atoms with Crippen molar-refractivity contribution in [1.82, 2.24) is 15.1 Å². The van der Waals surface area contributed by atoms with Crippen LogP contribution in [-0.4, -0.2) is 46.6 Å². The second-order valence-electron chi connectivity index (χ2n) is 6.08. The number of urea groups is 1. The summed E-state index contributed by atoms with van der Waals surface area (Å²) in [6, 6.07) is 8.13. The van der Waals surface area contributed by atoms with E-state index in [0.717, 1.165) is 16.9 Å². The van der Waals surface area contributed by atoms with E-state index in [9.17, 15) is 19.2 Å². The lowest BCUT2D eigenvalue weighted by molar-refractivity contribution is -0.144. The van der Waals surface area contributed by atoms with Gasteiger partial charge in [-0.05, 0) is 17.9 Å². The molecular weight excluding hydrogens is 310 g/mol. The zero-order valence-electron chi connectivity index (χ0n) is 13.8. The van der Waals surface area contributed by atoms with Gasteiger partial charge in [0.1, 0.15) is 6.54 Å². The smallest absolute Gasteiger partial charge is 0.335 e. The van der Waals surface area contributed by atoms with Crippen LogP contribution < -0.4 is 5.32 Å². The summed E-state index contributed by atoms with van der Waals surface area (Å²) in [4.78, 5) is 49.7. The van der Waals surface area contributed by atoms with E-state index in [1.54, 1.807) is 24.3 Å². The van der Waals surface area contributed by atoms with E-state index in [4.69, 9.17) is 0 Å². The van der Waals surface area contributed by atoms with Crippen LogP contribution in [0.2, 0.25) is 0 Å². The first-order valence-corrected chi connectivity index (χ1v) is 7.88. The van der Waals surface area contributed by atoms with Crippen molar-refractivity contribution in [2.24, 2.45) is 5.92 Å². The van der Waals surface area contributed by atoms with Crippen LogP contribution in [0.3, 0.4) is 0 Å². The van der Waals surface area contributed by atoms with E-state index >= 15 is 0 Å². The number of hydrogen-bond acceptors (Lipinski definition) is 4. The fourth-order valence-electron chi connectivity index (χ4n) is 2.29. The molecule has 0 aliphatic carbocycles. The number of nitrogens with zero attached hydrogens (tertiary/aromatic N) is 2. The van der Waals surface area contributed by atoms with Crippen molar-refractivity contribution in [1.29, 1.82) is 0 Å². The van der Waals surface area contributed by atoms with Crippen molar-refractivity contribution in [3.63, 3.8) is 0 Å². The minimum atomic E-state index is -0.963. The standard InChI is InChI=1S/C17H21N3O4/c1-12(2)8-9-18-14(21)11-20-16(23)15(22)19(17(20)24)10-13-6-4-3-5-7-13/h3-7,12H,8-11H2,1-2H3,(H,18,21). The molecule has 1 aromatic rings. The number of benzene rings is 1. The molecule has 0 unspecified atom stereocenters. The predicted molar refractivity (Wildman–Crippen MR) is 86.6 cm³/mol. The molecule has 1 aromatic carbocycles. The summed E-state index contributed by atoms with van der Waals surface area (Å²) in [6.07, 6.45) is 0.798. The molecule has 1 N–H and O–H groups in total. The van der Waals surface area contributed by atoms with Gasteiger partial charge in [-0.1, -0.05) is 44.2 Å². The Hall–Kier alpha value is -2.70. The van der Waals surface area contributed by atoms with E-state index in [0.29, 0.717) is 17.4 Å². The molecule has 0 bridgehead atoms. The second-order valence-corrected chi connectivity index (χ2v) is 6.08. The van der Waals surface area contributed by atoms with Gasteiger partial charge in [0.15, 0.2) is 0 Å². The summed E-state index contributed by atoms with van der Waals surface area (Å²) in [6.45, 7) is 4.09. The highest BCUT2D eigenvalue weighted by Gasteiger charge is 2.45. The van der Waals surface area contributed by atoms with Crippen molar-refractivity contribution >= 4 is 23.8 Å². The zero-order valence-corrected chi connectivity index (χ0v) is 13.8. The molecule has 0 spiro atoms. The van der Waals surface area contributed by atoms with Crippen LogP contribution in [0.4, 0.5) is 4.79 Å². The van der Waals surface area contributed by atoms with Gasteiger partial charge in [-0.2, -0.15) is 0 Å². The maximum Gasteiger partial charge on any atom is 0.335 e. The molecule has 1 fully saturated rings. The third kappa shape index (κ3) is 4.18. The highest BCUT2D eigenvalue weighted by atomic mass is 16.2. The lowest BCUT2D eigenvalue weighted by atomic mass is 10.1. The Bertz CT molecular complexity index is 642. The van der Waals surface area contributed by atoms with E-state index in [1.165, 1.54) is 0 Å². The van der Waals surface area contributed by atoms with Gasteiger partial charge in [-0.25, -0.2) is 9.69 Å². The number of imide groups is 2. The fraction of sp³-hybridized carbons (Fsp3) is 0.412. The average molecular weight is 331 g/mol. The lowest BCUT2D eigenvalue weighted by Gasteiger charge is -2.15. The van der Waals surface area contributed by atoms with E-state index in [2.05, 4.69) is 5.32 Å². The van der Waals surface area contributed by atoms with Gasteiger partial charge >= 0.3 is 17.8 Å². The number of carbonyl (C=O) groups is 4. The number of rotatable bonds is 7. The highest BCUT2D eigenvalue weighted by Crippen LogP contribution is 2.15. The third-order valence-electron chi connectivity index (χ3n) is 3.66. The van der Waals surface area contributed by atoms with Gasteiger partial charge in [-0.3, -0.25) is 19.3 Å². The van der Waals surface area contributed by atoms with Crippen LogP contribution in [0.25, 0.3) is 0 Å². The Morgan fingerprint density at radius 3 is 2.29 bits per heavy atom. The first-order chi connectivity index (χ1) is 11.4. The summed E-state index contributed by atoms with van der Waals surface area (Å²) in [7, 11) is 0. The molecule has 24 heavy (non-hydrogen) atoms. The predicted octanol–water partition coefficient (Wildman–Crippen LogP) is 1.14. The maximum absolute atomic E-state index is 12.3. The second kappa shape index (κ2) is 7.72. The SMILES string of the molecule is CC(C)CCNC(=O)CN1C(=O)C(=O)N(Cc2ccccc2)C1=O. The minimum absolute atomic E-state index is 0.00964. The summed E-state index contributed by atoms with van der Waals surface area (Å²) >= 11 is 0. The normalized spacial score (nSPS) is 14.7. The molecule has 1 aliphatic heterocycles. The molecule has 5 amide bonds. The molecule has 1 aliphatic rings. The van der Waals surface area contributed by atoms with Gasteiger partial charge in [-0.15, -0.1) is 0 Å².